The molecule has 2 rings (SSSR count). The van der Waals surface area contributed by atoms with Crippen LogP contribution < -0.4 is 9.47 Å². The molecule has 0 unspecified atom stereocenters. The minimum Gasteiger partial charge on any atom is -0.491 e. The van der Waals surface area contributed by atoms with Crippen LogP contribution in [0.3, 0.4) is 0 Å². The van der Waals surface area contributed by atoms with Gasteiger partial charge in [-0.1, -0.05) is 39.3 Å². The van der Waals surface area contributed by atoms with Crippen LogP contribution in [0, 0.1) is 17.3 Å². The highest BCUT2D eigenvalue weighted by atomic mass is 35.5. The van der Waals surface area contributed by atoms with Crippen molar-refractivity contribution in [3.8, 4) is 11.6 Å². The van der Waals surface area contributed by atoms with E-state index in [1.165, 1.54) is 0 Å². The monoisotopic (exact) mass is 397 g/mol. The lowest BCUT2D eigenvalue weighted by Crippen LogP contribution is -2.36. The fraction of sp³-hybridized carbons (Fsp3) is 0.714. The summed E-state index contributed by atoms with van der Waals surface area (Å²) in [4.78, 5) is 15.3. The van der Waals surface area contributed by atoms with Crippen LogP contribution in [0.15, 0.2) is 12.3 Å². The Morgan fingerprint density at radius 3 is 2.67 bits per heavy atom. The molecule has 6 heteroatoms. The van der Waals surface area contributed by atoms with Gasteiger partial charge in [0.25, 0.3) is 0 Å². The summed E-state index contributed by atoms with van der Waals surface area (Å²) in [6, 6.07) is 1.76. The van der Waals surface area contributed by atoms with Crippen molar-refractivity contribution in [1.29, 1.82) is 0 Å². The Bertz CT molecular complexity index is 623. The van der Waals surface area contributed by atoms with Gasteiger partial charge in [0.2, 0.25) is 5.88 Å². The van der Waals surface area contributed by atoms with Crippen molar-refractivity contribution in [2.45, 2.75) is 60.0 Å². The van der Waals surface area contributed by atoms with Gasteiger partial charge in [-0.2, -0.15) is 0 Å². The second kappa shape index (κ2) is 9.74. The zero-order valence-electron chi connectivity index (χ0n) is 17.1. The SMILES string of the molecule is CC(=O)C[C@@H](C)COC1CC(COc2nccc(OCC(C)(C)C)c2Cl)C1. The summed E-state index contributed by atoms with van der Waals surface area (Å²) in [5.41, 5.74) is 0.0521. The highest BCUT2D eigenvalue weighted by molar-refractivity contribution is 6.33. The summed E-state index contributed by atoms with van der Waals surface area (Å²) in [7, 11) is 0. The smallest absolute Gasteiger partial charge is 0.236 e. The molecule has 1 aromatic rings. The first-order valence-corrected chi connectivity index (χ1v) is 10.0. The molecule has 1 aliphatic carbocycles. The molecule has 1 aliphatic rings. The standard InChI is InChI=1S/C21H32ClNO4/c1-14(8-15(2)24)11-25-17-9-16(10-17)12-26-20-19(22)18(6-7-23-20)27-13-21(3,4)5/h6-7,14,16-17H,8-13H2,1-5H3/t14-,16?,17?/m1/s1. The van der Waals surface area contributed by atoms with E-state index in [0.717, 1.165) is 12.8 Å². The lowest BCUT2D eigenvalue weighted by molar-refractivity contribution is -0.119. The van der Waals surface area contributed by atoms with Crippen LogP contribution in [-0.4, -0.2) is 36.7 Å². The van der Waals surface area contributed by atoms with Crippen molar-refractivity contribution in [1.82, 2.24) is 4.98 Å². The first kappa shape index (κ1) is 22.0. The largest absolute Gasteiger partial charge is 0.491 e. The maximum atomic E-state index is 11.1. The summed E-state index contributed by atoms with van der Waals surface area (Å²) in [5.74, 6) is 1.95. The van der Waals surface area contributed by atoms with Crippen LogP contribution in [0.2, 0.25) is 5.02 Å². The minimum atomic E-state index is 0.0521. The minimum absolute atomic E-state index is 0.0521. The molecule has 0 aliphatic heterocycles. The number of hydrogen-bond donors (Lipinski definition) is 0. The van der Waals surface area contributed by atoms with Crippen LogP contribution in [0.5, 0.6) is 11.6 Å². The average molecular weight is 398 g/mol. The van der Waals surface area contributed by atoms with Gasteiger partial charge in [-0.25, -0.2) is 4.98 Å². The number of ketones is 1. The van der Waals surface area contributed by atoms with Gasteiger partial charge in [-0.3, -0.25) is 0 Å². The highest BCUT2D eigenvalue weighted by Crippen LogP contribution is 2.35. The van der Waals surface area contributed by atoms with Crippen LogP contribution in [0.4, 0.5) is 0 Å². The molecule has 152 valence electrons. The Balaban J connectivity index is 1.71. The molecule has 0 amide bonds. The molecule has 1 atom stereocenters. The fourth-order valence-corrected chi connectivity index (χ4v) is 3.13. The van der Waals surface area contributed by atoms with Crippen molar-refractivity contribution < 1.29 is 19.0 Å². The molecule has 5 nitrogen and oxygen atoms in total. The number of rotatable bonds is 10. The van der Waals surface area contributed by atoms with E-state index in [9.17, 15) is 4.79 Å². The maximum absolute atomic E-state index is 11.1. The quantitative estimate of drug-likeness (QED) is 0.559. The normalized spacial score (nSPS) is 20.7. The second-order valence-corrected chi connectivity index (χ2v) is 9.27. The van der Waals surface area contributed by atoms with Crippen LogP contribution >= 0.6 is 11.6 Å². The number of nitrogens with zero attached hydrogens (tertiary/aromatic N) is 1. The van der Waals surface area contributed by atoms with E-state index >= 15 is 0 Å². The third-order valence-electron chi connectivity index (χ3n) is 4.38. The molecule has 0 spiro atoms. The van der Waals surface area contributed by atoms with Gasteiger partial charge in [0, 0.05) is 25.3 Å². The van der Waals surface area contributed by atoms with Gasteiger partial charge in [-0.15, -0.1) is 0 Å². The van der Waals surface area contributed by atoms with Crippen molar-refractivity contribution in [3.63, 3.8) is 0 Å². The number of aromatic nitrogens is 1. The van der Waals surface area contributed by atoms with Gasteiger partial charge in [0.1, 0.15) is 16.6 Å². The zero-order valence-corrected chi connectivity index (χ0v) is 17.8. The summed E-state index contributed by atoms with van der Waals surface area (Å²) in [5, 5.41) is 0.423. The molecule has 27 heavy (non-hydrogen) atoms. The van der Waals surface area contributed by atoms with Crippen molar-refractivity contribution in [2.24, 2.45) is 17.3 Å². The van der Waals surface area contributed by atoms with E-state index in [0.29, 0.717) is 48.8 Å². The topological polar surface area (TPSA) is 57.7 Å². The van der Waals surface area contributed by atoms with Crippen LogP contribution in [-0.2, 0) is 9.53 Å². The van der Waals surface area contributed by atoms with Gasteiger partial charge in [-0.05, 0) is 37.0 Å². The van der Waals surface area contributed by atoms with E-state index < -0.39 is 0 Å². The predicted molar refractivity (Wildman–Crippen MR) is 107 cm³/mol. The Kier molecular flexibility index (Phi) is 7.92. The predicted octanol–water partition coefficient (Wildman–Crippen LogP) is 4.95. The van der Waals surface area contributed by atoms with Crippen molar-refractivity contribution >= 4 is 17.4 Å². The molecule has 0 radical (unpaired) electrons. The first-order valence-electron chi connectivity index (χ1n) is 9.65. The van der Waals surface area contributed by atoms with Crippen LogP contribution in [0.1, 0.15) is 53.9 Å². The number of halogens is 1. The number of hydrogen-bond acceptors (Lipinski definition) is 5. The molecular weight excluding hydrogens is 366 g/mol. The fourth-order valence-electron chi connectivity index (χ4n) is 2.91. The molecule has 1 saturated carbocycles. The highest BCUT2D eigenvalue weighted by Gasteiger charge is 2.31. The lowest BCUT2D eigenvalue weighted by Gasteiger charge is -2.35. The van der Waals surface area contributed by atoms with E-state index in [1.807, 2.05) is 6.92 Å². The van der Waals surface area contributed by atoms with E-state index in [2.05, 4.69) is 25.8 Å². The number of ether oxygens (including phenoxy) is 3. The number of pyridine rings is 1. The Hall–Kier alpha value is -1.33. The van der Waals surface area contributed by atoms with Gasteiger partial charge < -0.3 is 19.0 Å². The summed E-state index contributed by atoms with van der Waals surface area (Å²) in [6.07, 6.45) is 4.42. The number of carbonyl (C=O) groups is 1. The first-order chi connectivity index (χ1) is 12.6. The maximum Gasteiger partial charge on any atom is 0.236 e. The van der Waals surface area contributed by atoms with Gasteiger partial charge >= 0.3 is 0 Å². The van der Waals surface area contributed by atoms with Gasteiger partial charge in [0.15, 0.2) is 0 Å². The molecule has 0 N–H and O–H groups in total. The van der Waals surface area contributed by atoms with Crippen molar-refractivity contribution in [2.75, 3.05) is 19.8 Å². The van der Waals surface area contributed by atoms with E-state index in [1.54, 1.807) is 19.2 Å². The molecule has 0 bridgehead atoms. The zero-order chi connectivity index (χ0) is 20.0. The number of carbonyl (C=O) groups excluding carboxylic acids is 1. The number of Topliss-reactive ketones (excluding diaryl/α,β-unsaturated/α-hetero) is 1. The molecule has 0 aromatic carbocycles. The summed E-state index contributed by atoms with van der Waals surface area (Å²) in [6.45, 7) is 11.8. The molecule has 1 aromatic heterocycles. The molecule has 1 heterocycles. The second-order valence-electron chi connectivity index (χ2n) is 8.89. The Morgan fingerprint density at radius 1 is 1.33 bits per heavy atom. The summed E-state index contributed by atoms with van der Waals surface area (Å²) >= 11 is 6.37. The van der Waals surface area contributed by atoms with Gasteiger partial charge in [0.05, 0.1) is 19.3 Å². The van der Waals surface area contributed by atoms with E-state index in [-0.39, 0.29) is 23.2 Å². The third-order valence-corrected chi connectivity index (χ3v) is 4.73. The Morgan fingerprint density at radius 2 is 2.04 bits per heavy atom. The van der Waals surface area contributed by atoms with Crippen LogP contribution in [0.25, 0.3) is 0 Å². The summed E-state index contributed by atoms with van der Waals surface area (Å²) < 4.78 is 17.5. The molecule has 1 fully saturated rings. The van der Waals surface area contributed by atoms with Crippen molar-refractivity contribution in [3.05, 3.63) is 17.3 Å². The third kappa shape index (κ3) is 7.67. The Labute approximate surface area is 167 Å². The van der Waals surface area contributed by atoms with E-state index in [4.69, 9.17) is 25.8 Å². The molecular formula is C21H32ClNO4. The average Bonchev–Trinajstić information content (AvgIpc) is 2.51. The lowest BCUT2D eigenvalue weighted by atomic mass is 9.83. The molecule has 0 saturated heterocycles.